The van der Waals surface area contributed by atoms with Crippen LogP contribution < -0.4 is 9.64 Å². The first-order valence-corrected chi connectivity index (χ1v) is 14.1. The van der Waals surface area contributed by atoms with Crippen molar-refractivity contribution in [2.24, 2.45) is 0 Å². The molecule has 41 heavy (non-hydrogen) atoms. The number of aromatic nitrogens is 2. The number of hydrogen-bond donors (Lipinski definition) is 1. The van der Waals surface area contributed by atoms with E-state index in [1.165, 1.54) is 12.1 Å². The molecule has 6 rings (SSSR count). The van der Waals surface area contributed by atoms with E-state index in [0.29, 0.717) is 49.6 Å². The summed E-state index contributed by atoms with van der Waals surface area (Å²) in [7, 11) is 2.06. The summed E-state index contributed by atoms with van der Waals surface area (Å²) in [5, 5.41) is 12.6. The van der Waals surface area contributed by atoms with E-state index >= 15 is 4.39 Å². The van der Waals surface area contributed by atoms with Crippen LogP contribution in [-0.2, 0) is 4.79 Å². The van der Waals surface area contributed by atoms with E-state index in [1.54, 1.807) is 17.0 Å². The van der Waals surface area contributed by atoms with Crippen LogP contribution in [0.2, 0.25) is 5.02 Å². The first-order chi connectivity index (χ1) is 19.8. The Labute approximate surface area is 242 Å². The Morgan fingerprint density at radius 3 is 2.66 bits per heavy atom. The summed E-state index contributed by atoms with van der Waals surface area (Å²) in [4.78, 5) is 27.4. The molecule has 0 bridgehead atoms. The lowest BCUT2D eigenvalue weighted by molar-refractivity contribution is -0.126. The van der Waals surface area contributed by atoms with Crippen molar-refractivity contribution in [1.29, 1.82) is 0 Å². The Hall–Kier alpha value is -3.95. The average molecular weight is 576 g/mol. The van der Waals surface area contributed by atoms with Crippen molar-refractivity contribution in [3.8, 4) is 22.9 Å². The topological polar surface area (TPSA) is 82.0 Å². The van der Waals surface area contributed by atoms with Crippen molar-refractivity contribution < 1.29 is 19.0 Å². The molecule has 8 nitrogen and oxygen atoms in total. The number of nitrogens with zero attached hydrogens (tertiary/aromatic N) is 5. The third-order valence-corrected chi connectivity index (χ3v) is 8.40. The van der Waals surface area contributed by atoms with Gasteiger partial charge in [0.1, 0.15) is 23.7 Å². The highest BCUT2D eigenvalue weighted by Crippen LogP contribution is 2.42. The lowest BCUT2D eigenvalue weighted by Crippen LogP contribution is -2.48. The van der Waals surface area contributed by atoms with Gasteiger partial charge in [0.25, 0.3) is 0 Å². The summed E-state index contributed by atoms with van der Waals surface area (Å²) in [5.41, 5.74) is 0.705. The number of hydrogen-bond acceptors (Lipinski definition) is 7. The number of likely N-dealkylation sites (tertiary alicyclic amines) is 1. The highest BCUT2D eigenvalue weighted by molar-refractivity contribution is 6.35. The lowest BCUT2D eigenvalue weighted by atomic mass is 9.96. The lowest BCUT2D eigenvalue weighted by Gasteiger charge is -2.35. The number of carbonyl (C=O) groups excluding carboxylic acids is 1. The van der Waals surface area contributed by atoms with Gasteiger partial charge in [-0.1, -0.05) is 42.4 Å². The molecule has 2 saturated heterocycles. The van der Waals surface area contributed by atoms with E-state index in [2.05, 4.69) is 23.5 Å². The van der Waals surface area contributed by atoms with Gasteiger partial charge in [-0.3, -0.25) is 4.79 Å². The molecule has 1 N–H and O–H groups in total. The highest BCUT2D eigenvalue weighted by Gasteiger charge is 2.27. The number of halogens is 2. The van der Waals surface area contributed by atoms with Gasteiger partial charge in [-0.2, -0.15) is 9.97 Å². The molecule has 0 spiro atoms. The zero-order valence-corrected chi connectivity index (χ0v) is 23.6. The van der Waals surface area contributed by atoms with E-state index in [4.69, 9.17) is 21.3 Å². The van der Waals surface area contributed by atoms with Crippen LogP contribution in [0.15, 0.2) is 55.1 Å². The minimum Gasteiger partial charge on any atom is -0.508 e. The monoisotopic (exact) mass is 575 g/mol. The molecule has 2 aliphatic rings. The molecule has 2 fully saturated rings. The van der Waals surface area contributed by atoms with E-state index in [1.807, 2.05) is 29.2 Å². The molecule has 1 amide bonds. The molecule has 1 atom stereocenters. The predicted octanol–water partition coefficient (Wildman–Crippen LogP) is 5.26. The summed E-state index contributed by atoms with van der Waals surface area (Å²) in [6, 6.07) is 12.6. The van der Waals surface area contributed by atoms with Crippen LogP contribution in [0.25, 0.3) is 32.8 Å². The zero-order chi connectivity index (χ0) is 28.7. The number of phenols is 1. The molecule has 3 aromatic carbocycles. The van der Waals surface area contributed by atoms with E-state index < -0.39 is 5.82 Å². The van der Waals surface area contributed by atoms with Crippen LogP contribution in [-0.4, -0.2) is 83.2 Å². The SMILES string of the molecule is C=CC(=O)N1CCN(c2nc(OC[C@@H]3CCCN3C)nc3c(F)c(-c4cc(O)cc5ccccc45)c(Cl)cc23)CC1. The second kappa shape index (κ2) is 11.1. The van der Waals surface area contributed by atoms with E-state index in [-0.39, 0.29) is 39.8 Å². The molecule has 2 aliphatic heterocycles. The Bertz CT molecular complexity index is 1660. The maximum atomic E-state index is 16.6. The van der Waals surface area contributed by atoms with Crippen molar-refractivity contribution in [2.75, 3.05) is 51.3 Å². The molecule has 10 heteroatoms. The summed E-state index contributed by atoms with van der Waals surface area (Å²) < 4.78 is 22.7. The number of rotatable bonds is 6. The van der Waals surface area contributed by atoms with Crippen molar-refractivity contribution in [3.05, 3.63) is 66.0 Å². The molecule has 0 unspecified atom stereocenters. The average Bonchev–Trinajstić information content (AvgIpc) is 3.40. The molecular weight excluding hydrogens is 545 g/mol. The number of anilines is 1. The molecule has 212 valence electrons. The van der Waals surface area contributed by atoms with Crippen LogP contribution >= 0.6 is 11.6 Å². The van der Waals surface area contributed by atoms with Gasteiger partial charge >= 0.3 is 6.01 Å². The minimum absolute atomic E-state index is 0.00860. The van der Waals surface area contributed by atoms with Crippen LogP contribution in [0, 0.1) is 5.82 Å². The fourth-order valence-electron chi connectivity index (χ4n) is 5.84. The molecular formula is C31H31ClFN5O3. The maximum Gasteiger partial charge on any atom is 0.319 e. The number of phenolic OH excluding ortho intramolecular Hbond substituents is 1. The molecule has 0 saturated carbocycles. The van der Waals surface area contributed by atoms with Gasteiger partial charge in [-0.25, -0.2) is 4.39 Å². The minimum atomic E-state index is -0.616. The second-order valence-corrected chi connectivity index (χ2v) is 11.0. The molecule has 0 radical (unpaired) electrons. The standard InChI is InChI=1S/C31H31ClFN5O3/c1-3-26(40)37-11-13-38(14-12-37)30-24-17-25(32)27(23-16-21(39)15-19-7-4-5-9-22(19)23)28(33)29(24)34-31(35-30)41-18-20-8-6-10-36(20)2/h3-5,7,9,15-17,20,39H,1,6,8,10-14,18H2,2H3/t20-/m0/s1. The van der Waals surface area contributed by atoms with Crippen molar-refractivity contribution >= 4 is 45.0 Å². The number of fused-ring (bicyclic) bond motifs is 2. The van der Waals surface area contributed by atoms with Crippen molar-refractivity contribution in [3.63, 3.8) is 0 Å². The molecule has 3 heterocycles. The third-order valence-electron chi connectivity index (χ3n) is 8.10. The Morgan fingerprint density at radius 1 is 1.15 bits per heavy atom. The highest BCUT2D eigenvalue weighted by atomic mass is 35.5. The van der Waals surface area contributed by atoms with Crippen LogP contribution in [0.4, 0.5) is 10.2 Å². The van der Waals surface area contributed by atoms with E-state index in [0.717, 1.165) is 30.2 Å². The largest absolute Gasteiger partial charge is 0.508 e. The van der Waals surface area contributed by atoms with Gasteiger partial charge < -0.3 is 24.5 Å². The van der Waals surface area contributed by atoms with Gasteiger partial charge in [0, 0.05) is 43.2 Å². The zero-order valence-electron chi connectivity index (χ0n) is 22.8. The van der Waals surface area contributed by atoms with Gasteiger partial charge in [-0.05, 0) is 67.0 Å². The predicted molar refractivity (Wildman–Crippen MR) is 159 cm³/mol. The van der Waals surface area contributed by atoms with E-state index in [9.17, 15) is 9.90 Å². The fourth-order valence-corrected chi connectivity index (χ4v) is 6.14. The summed E-state index contributed by atoms with van der Waals surface area (Å²) in [6.07, 6.45) is 3.41. The number of amides is 1. The second-order valence-electron chi connectivity index (χ2n) is 10.6. The number of ether oxygens (including phenoxy) is 1. The number of aromatic hydroxyl groups is 1. The Morgan fingerprint density at radius 2 is 1.93 bits per heavy atom. The molecule has 4 aromatic rings. The first kappa shape index (κ1) is 27.2. The Kier molecular flexibility index (Phi) is 7.40. The van der Waals surface area contributed by atoms with Crippen molar-refractivity contribution in [2.45, 2.75) is 18.9 Å². The van der Waals surface area contributed by atoms with Crippen LogP contribution in [0.1, 0.15) is 12.8 Å². The first-order valence-electron chi connectivity index (χ1n) is 13.7. The summed E-state index contributed by atoms with van der Waals surface area (Å²) in [6.45, 7) is 6.91. The number of carbonyl (C=O) groups is 1. The van der Waals surface area contributed by atoms with Gasteiger partial charge in [-0.15, -0.1) is 0 Å². The van der Waals surface area contributed by atoms with Crippen LogP contribution in [0.5, 0.6) is 11.8 Å². The third kappa shape index (κ3) is 5.15. The summed E-state index contributed by atoms with van der Waals surface area (Å²) >= 11 is 6.80. The normalized spacial score (nSPS) is 17.9. The maximum absolute atomic E-state index is 16.6. The van der Waals surface area contributed by atoms with Gasteiger partial charge in [0.05, 0.1) is 5.02 Å². The van der Waals surface area contributed by atoms with Crippen molar-refractivity contribution in [1.82, 2.24) is 19.8 Å². The number of piperazine rings is 1. The van der Waals surface area contributed by atoms with Crippen LogP contribution in [0.3, 0.4) is 0 Å². The molecule has 0 aliphatic carbocycles. The summed E-state index contributed by atoms with van der Waals surface area (Å²) in [5.74, 6) is -0.230. The molecule has 1 aromatic heterocycles. The Balaban J connectivity index is 1.47. The number of likely N-dealkylation sites (N-methyl/N-ethyl adjacent to an activating group) is 1. The quantitative estimate of drug-likeness (QED) is 0.314. The number of benzene rings is 3. The van der Waals surface area contributed by atoms with Gasteiger partial charge in [0.15, 0.2) is 5.82 Å². The smallest absolute Gasteiger partial charge is 0.319 e. The fraction of sp³-hybridized carbons (Fsp3) is 0.323. The van der Waals surface area contributed by atoms with Gasteiger partial charge in [0.2, 0.25) is 5.91 Å².